The first-order valence-corrected chi connectivity index (χ1v) is 5.68. The van der Waals surface area contributed by atoms with Gasteiger partial charge in [0.1, 0.15) is 11.6 Å². The van der Waals surface area contributed by atoms with Crippen LogP contribution in [0.2, 0.25) is 0 Å². The van der Waals surface area contributed by atoms with Gasteiger partial charge in [-0.2, -0.15) is 0 Å². The van der Waals surface area contributed by atoms with Crippen molar-refractivity contribution in [1.29, 1.82) is 0 Å². The Hall–Kier alpha value is -2.36. The lowest BCUT2D eigenvalue weighted by Crippen LogP contribution is -2.04. The third-order valence-corrected chi connectivity index (χ3v) is 2.77. The molecular weight excluding hydrogens is 247 g/mol. The smallest absolute Gasteiger partial charge is 0.340 e. The number of esters is 1. The van der Waals surface area contributed by atoms with Crippen molar-refractivity contribution in [3.63, 3.8) is 0 Å². The second kappa shape index (κ2) is 5.52. The molecule has 19 heavy (non-hydrogen) atoms. The molecule has 2 aromatic carbocycles. The van der Waals surface area contributed by atoms with Crippen LogP contribution in [0.15, 0.2) is 42.5 Å². The Morgan fingerprint density at radius 3 is 2.47 bits per heavy atom. The molecule has 0 aliphatic heterocycles. The Kier molecular flexibility index (Phi) is 3.80. The van der Waals surface area contributed by atoms with Crippen LogP contribution in [0.1, 0.15) is 10.4 Å². The summed E-state index contributed by atoms with van der Waals surface area (Å²) in [6.07, 6.45) is 0. The van der Waals surface area contributed by atoms with Crippen molar-refractivity contribution >= 4 is 5.97 Å². The zero-order chi connectivity index (χ0) is 13.8. The summed E-state index contributed by atoms with van der Waals surface area (Å²) in [6.45, 7) is 0. The van der Waals surface area contributed by atoms with Gasteiger partial charge in [0.2, 0.25) is 0 Å². The minimum Gasteiger partial charge on any atom is -0.497 e. The molecule has 0 saturated heterocycles. The van der Waals surface area contributed by atoms with Crippen LogP contribution in [0.3, 0.4) is 0 Å². The summed E-state index contributed by atoms with van der Waals surface area (Å²) >= 11 is 0. The van der Waals surface area contributed by atoms with Crippen molar-refractivity contribution < 1.29 is 18.7 Å². The maximum atomic E-state index is 13.5. The molecule has 0 spiro atoms. The molecule has 2 aromatic rings. The number of rotatable bonds is 3. The summed E-state index contributed by atoms with van der Waals surface area (Å²) in [7, 11) is 2.80. The van der Waals surface area contributed by atoms with Gasteiger partial charge in [-0.3, -0.25) is 0 Å². The van der Waals surface area contributed by atoms with Crippen molar-refractivity contribution in [2.24, 2.45) is 0 Å². The van der Waals surface area contributed by atoms with Crippen LogP contribution in [0.5, 0.6) is 5.75 Å². The summed E-state index contributed by atoms with van der Waals surface area (Å²) in [5.41, 5.74) is 1.48. The van der Waals surface area contributed by atoms with Gasteiger partial charge in [-0.05, 0) is 35.4 Å². The zero-order valence-corrected chi connectivity index (χ0v) is 10.6. The Labute approximate surface area is 110 Å². The first-order valence-electron chi connectivity index (χ1n) is 5.68. The van der Waals surface area contributed by atoms with Gasteiger partial charge < -0.3 is 9.47 Å². The normalized spacial score (nSPS) is 10.1. The van der Waals surface area contributed by atoms with Gasteiger partial charge in [-0.25, -0.2) is 9.18 Å². The molecule has 0 bridgehead atoms. The third-order valence-electron chi connectivity index (χ3n) is 2.77. The van der Waals surface area contributed by atoms with E-state index in [-0.39, 0.29) is 5.56 Å². The Morgan fingerprint density at radius 2 is 1.79 bits per heavy atom. The predicted octanol–water partition coefficient (Wildman–Crippen LogP) is 3.29. The quantitative estimate of drug-likeness (QED) is 0.794. The SMILES string of the molecule is COC(=O)c1cc(-c2cccc(OC)c2)ccc1F. The highest BCUT2D eigenvalue weighted by Crippen LogP contribution is 2.25. The molecule has 0 saturated carbocycles. The van der Waals surface area contributed by atoms with E-state index in [1.807, 2.05) is 24.3 Å². The van der Waals surface area contributed by atoms with Crippen LogP contribution in [0.25, 0.3) is 11.1 Å². The van der Waals surface area contributed by atoms with Gasteiger partial charge in [0, 0.05) is 0 Å². The monoisotopic (exact) mass is 260 g/mol. The Morgan fingerprint density at radius 1 is 1.05 bits per heavy atom. The molecule has 0 fully saturated rings. The van der Waals surface area contributed by atoms with Crippen LogP contribution in [0, 0.1) is 5.82 Å². The molecule has 4 heteroatoms. The number of carbonyl (C=O) groups excluding carboxylic acids is 1. The van der Waals surface area contributed by atoms with Gasteiger partial charge in [0.15, 0.2) is 0 Å². The van der Waals surface area contributed by atoms with Crippen LogP contribution >= 0.6 is 0 Å². The van der Waals surface area contributed by atoms with Crippen molar-refractivity contribution in [3.05, 3.63) is 53.8 Å². The minimum absolute atomic E-state index is 0.0807. The number of benzene rings is 2. The molecular formula is C15H13FO3. The summed E-state index contributed by atoms with van der Waals surface area (Å²) in [4.78, 5) is 11.5. The fourth-order valence-electron chi connectivity index (χ4n) is 1.77. The lowest BCUT2D eigenvalue weighted by atomic mass is 10.0. The van der Waals surface area contributed by atoms with Crippen LogP contribution in [-0.2, 0) is 4.74 Å². The topological polar surface area (TPSA) is 35.5 Å². The van der Waals surface area contributed by atoms with E-state index in [0.717, 1.165) is 11.1 Å². The molecule has 0 radical (unpaired) electrons. The van der Waals surface area contributed by atoms with E-state index in [1.165, 1.54) is 19.2 Å². The van der Waals surface area contributed by atoms with Crippen LogP contribution < -0.4 is 4.74 Å². The fraction of sp³-hybridized carbons (Fsp3) is 0.133. The molecule has 0 unspecified atom stereocenters. The van der Waals surface area contributed by atoms with E-state index in [4.69, 9.17) is 4.74 Å². The van der Waals surface area contributed by atoms with Gasteiger partial charge >= 0.3 is 5.97 Å². The Balaban J connectivity index is 2.48. The maximum Gasteiger partial charge on any atom is 0.340 e. The van der Waals surface area contributed by atoms with Crippen molar-refractivity contribution in [2.45, 2.75) is 0 Å². The molecule has 2 rings (SSSR count). The highest BCUT2D eigenvalue weighted by atomic mass is 19.1. The number of halogens is 1. The number of hydrogen-bond acceptors (Lipinski definition) is 3. The maximum absolute atomic E-state index is 13.5. The number of hydrogen-bond donors (Lipinski definition) is 0. The number of carbonyl (C=O) groups is 1. The van der Waals surface area contributed by atoms with Crippen molar-refractivity contribution in [3.8, 4) is 16.9 Å². The second-order valence-corrected chi connectivity index (χ2v) is 3.92. The van der Waals surface area contributed by atoms with Gasteiger partial charge in [0.25, 0.3) is 0 Å². The molecule has 0 aliphatic rings. The van der Waals surface area contributed by atoms with Crippen molar-refractivity contribution in [2.75, 3.05) is 14.2 Å². The second-order valence-electron chi connectivity index (χ2n) is 3.92. The molecule has 0 heterocycles. The lowest BCUT2D eigenvalue weighted by Gasteiger charge is -2.07. The summed E-state index contributed by atoms with van der Waals surface area (Å²) in [5, 5.41) is 0. The number of ether oxygens (including phenoxy) is 2. The number of methoxy groups -OCH3 is 2. The third kappa shape index (κ3) is 2.73. The molecule has 0 N–H and O–H groups in total. The molecule has 0 aliphatic carbocycles. The molecule has 98 valence electrons. The largest absolute Gasteiger partial charge is 0.497 e. The lowest BCUT2D eigenvalue weighted by molar-refractivity contribution is 0.0595. The summed E-state index contributed by atoms with van der Waals surface area (Å²) in [5.74, 6) is -0.595. The highest BCUT2D eigenvalue weighted by molar-refractivity contribution is 5.91. The molecule has 0 aromatic heterocycles. The zero-order valence-electron chi connectivity index (χ0n) is 10.6. The first-order chi connectivity index (χ1) is 9.15. The average molecular weight is 260 g/mol. The van der Waals surface area contributed by atoms with E-state index >= 15 is 0 Å². The first kappa shape index (κ1) is 13.1. The van der Waals surface area contributed by atoms with Gasteiger partial charge in [-0.15, -0.1) is 0 Å². The predicted molar refractivity (Wildman–Crippen MR) is 69.7 cm³/mol. The van der Waals surface area contributed by atoms with E-state index in [9.17, 15) is 9.18 Å². The van der Waals surface area contributed by atoms with Gasteiger partial charge in [-0.1, -0.05) is 18.2 Å². The van der Waals surface area contributed by atoms with Crippen LogP contribution in [-0.4, -0.2) is 20.2 Å². The Bertz CT molecular complexity index is 608. The summed E-state index contributed by atoms with van der Waals surface area (Å²) in [6, 6.07) is 11.6. The molecule has 0 amide bonds. The fourth-order valence-corrected chi connectivity index (χ4v) is 1.77. The van der Waals surface area contributed by atoms with E-state index in [1.54, 1.807) is 13.2 Å². The van der Waals surface area contributed by atoms with Gasteiger partial charge in [0.05, 0.1) is 19.8 Å². The molecule has 3 nitrogen and oxygen atoms in total. The highest BCUT2D eigenvalue weighted by Gasteiger charge is 2.13. The standard InChI is InChI=1S/C15H13FO3/c1-18-12-5-3-4-10(8-12)11-6-7-14(16)13(9-11)15(17)19-2/h3-9H,1-2H3. The van der Waals surface area contributed by atoms with Crippen LogP contribution in [0.4, 0.5) is 4.39 Å². The molecule has 0 atom stereocenters. The van der Waals surface area contributed by atoms with Crippen molar-refractivity contribution in [1.82, 2.24) is 0 Å². The summed E-state index contributed by atoms with van der Waals surface area (Å²) < 4.78 is 23.2. The minimum atomic E-state index is -0.692. The van der Waals surface area contributed by atoms with E-state index in [2.05, 4.69) is 4.74 Å². The van der Waals surface area contributed by atoms with E-state index in [0.29, 0.717) is 5.75 Å². The average Bonchev–Trinajstić information content (AvgIpc) is 2.47. The van der Waals surface area contributed by atoms with E-state index < -0.39 is 11.8 Å².